The number of carbonyl (C=O) groups excluding carboxylic acids is 1. The highest BCUT2D eigenvalue weighted by molar-refractivity contribution is 14.0. The number of halogens is 1. The molecule has 5 nitrogen and oxygen atoms in total. The van der Waals surface area contributed by atoms with Gasteiger partial charge in [0.15, 0.2) is 5.96 Å². The van der Waals surface area contributed by atoms with Crippen molar-refractivity contribution in [2.24, 2.45) is 16.8 Å². The van der Waals surface area contributed by atoms with Crippen LogP contribution in [0.5, 0.6) is 0 Å². The molecule has 2 N–H and O–H groups in total. The van der Waals surface area contributed by atoms with Crippen LogP contribution in [-0.4, -0.2) is 50.0 Å². The van der Waals surface area contributed by atoms with Crippen LogP contribution in [0.2, 0.25) is 0 Å². The lowest BCUT2D eigenvalue weighted by Gasteiger charge is -2.34. The molecule has 1 saturated heterocycles. The monoisotopic (exact) mass is 422 g/mol. The summed E-state index contributed by atoms with van der Waals surface area (Å²) in [6.07, 6.45) is 6.87. The molecule has 128 valence electrons. The van der Waals surface area contributed by atoms with Crippen LogP contribution in [0.25, 0.3) is 0 Å². The molecule has 0 spiro atoms. The fourth-order valence-electron chi connectivity index (χ4n) is 2.90. The first kappa shape index (κ1) is 19.5. The topological polar surface area (TPSA) is 56.7 Å². The Morgan fingerprint density at radius 2 is 1.86 bits per heavy atom. The van der Waals surface area contributed by atoms with E-state index in [1.165, 1.54) is 19.3 Å². The van der Waals surface area contributed by atoms with Crippen LogP contribution in [0.3, 0.4) is 0 Å². The SMILES string of the molecule is CCNC(=NCCC1CC1)N1CCC(CC(=O)NC)CC1.I. The predicted molar refractivity (Wildman–Crippen MR) is 102 cm³/mol. The van der Waals surface area contributed by atoms with Crippen LogP contribution in [0.15, 0.2) is 4.99 Å². The number of guanidine groups is 1. The fraction of sp³-hybridized carbons (Fsp3) is 0.875. The van der Waals surface area contributed by atoms with Crippen LogP contribution in [0.1, 0.15) is 45.4 Å². The van der Waals surface area contributed by atoms with E-state index < -0.39 is 0 Å². The van der Waals surface area contributed by atoms with Gasteiger partial charge in [0.2, 0.25) is 5.91 Å². The Labute approximate surface area is 151 Å². The molecule has 0 unspecified atom stereocenters. The molecule has 6 heteroatoms. The van der Waals surface area contributed by atoms with Crippen LogP contribution < -0.4 is 10.6 Å². The van der Waals surface area contributed by atoms with Crippen molar-refractivity contribution < 1.29 is 4.79 Å². The second-order valence-corrected chi connectivity index (χ2v) is 6.28. The Morgan fingerprint density at radius 3 is 2.41 bits per heavy atom. The Morgan fingerprint density at radius 1 is 1.18 bits per heavy atom. The maximum atomic E-state index is 11.4. The molecule has 0 aromatic heterocycles. The molecule has 1 aliphatic heterocycles. The number of nitrogens with one attached hydrogen (secondary N) is 2. The molecule has 2 fully saturated rings. The molecule has 1 heterocycles. The van der Waals surface area contributed by atoms with Crippen LogP contribution in [-0.2, 0) is 4.79 Å². The summed E-state index contributed by atoms with van der Waals surface area (Å²) in [5, 5.41) is 6.13. The van der Waals surface area contributed by atoms with Crippen molar-refractivity contribution in [3.8, 4) is 0 Å². The van der Waals surface area contributed by atoms with Crippen molar-refractivity contribution in [1.29, 1.82) is 0 Å². The maximum Gasteiger partial charge on any atom is 0.220 e. The molecule has 0 bridgehead atoms. The van der Waals surface area contributed by atoms with Crippen molar-refractivity contribution in [1.82, 2.24) is 15.5 Å². The fourth-order valence-corrected chi connectivity index (χ4v) is 2.90. The van der Waals surface area contributed by atoms with E-state index in [9.17, 15) is 4.79 Å². The van der Waals surface area contributed by atoms with E-state index in [1.54, 1.807) is 7.05 Å². The second kappa shape index (κ2) is 10.3. The van der Waals surface area contributed by atoms with E-state index in [4.69, 9.17) is 4.99 Å². The van der Waals surface area contributed by atoms with Gasteiger partial charge in [0.25, 0.3) is 0 Å². The molecule has 1 aliphatic carbocycles. The minimum Gasteiger partial charge on any atom is -0.359 e. The van der Waals surface area contributed by atoms with E-state index in [0.717, 1.165) is 50.9 Å². The number of nitrogens with zero attached hydrogens (tertiary/aromatic N) is 2. The molecule has 0 aromatic rings. The van der Waals surface area contributed by atoms with Gasteiger partial charge in [-0.3, -0.25) is 9.79 Å². The third kappa shape index (κ3) is 6.71. The zero-order chi connectivity index (χ0) is 15.1. The average molecular weight is 422 g/mol. The van der Waals surface area contributed by atoms with E-state index in [0.29, 0.717) is 12.3 Å². The third-order valence-electron chi connectivity index (χ3n) is 4.50. The van der Waals surface area contributed by atoms with Gasteiger partial charge < -0.3 is 15.5 Å². The highest BCUT2D eigenvalue weighted by Crippen LogP contribution is 2.32. The van der Waals surface area contributed by atoms with Crippen LogP contribution >= 0.6 is 24.0 Å². The molecule has 1 amide bonds. The lowest BCUT2D eigenvalue weighted by molar-refractivity contribution is -0.121. The first-order chi connectivity index (χ1) is 10.2. The van der Waals surface area contributed by atoms with Crippen molar-refractivity contribution in [3.05, 3.63) is 0 Å². The number of amides is 1. The molecule has 1 saturated carbocycles. The molecule has 0 atom stereocenters. The number of carbonyl (C=O) groups is 1. The minimum absolute atomic E-state index is 0. The van der Waals surface area contributed by atoms with E-state index in [1.807, 2.05) is 0 Å². The summed E-state index contributed by atoms with van der Waals surface area (Å²) in [5.74, 6) is 2.69. The summed E-state index contributed by atoms with van der Waals surface area (Å²) in [6, 6.07) is 0. The van der Waals surface area contributed by atoms with Gasteiger partial charge in [0.05, 0.1) is 0 Å². The summed E-state index contributed by atoms with van der Waals surface area (Å²) < 4.78 is 0. The van der Waals surface area contributed by atoms with Crippen molar-refractivity contribution in [2.75, 3.05) is 33.2 Å². The molecular formula is C16H31IN4O. The highest BCUT2D eigenvalue weighted by Gasteiger charge is 2.24. The van der Waals surface area contributed by atoms with Crippen LogP contribution in [0, 0.1) is 11.8 Å². The Bertz CT molecular complexity index is 363. The number of hydrogen-bond donors (Lipinski definition) is 2. The molecule has 0 radical (unpaired) electrons. The Hall–Kier alpha value is -0.530. The zero-order valence-corrected chi connectivity index (χ0v) is 16.3. The van der Waals surface area contributed by atoms with Crippen molar-refractivity contribution in [2.45, 2.75) is 45.4 Å². The van der Waals surface area contributed by atoms with E-state index >= 15 is 0 Å². The van der Waals surface area contributed by atoms with Gasteiger partial charge in [-0.15, -0.1) is 24.0 Å². The first-order valence-corrected chi connectivity index (χ1v) is 8.46. The number of hydrogen-bond acceptors (Lipinski definition) is 2. The van der Waals surface area contributed by atoms with Gasteiger partial charge in [0.1, 0.15) is 0 Å². The lowest BCUT2D eigenvalue weighted by atomic mass is 9.93. The number of rotatable bonds is 6. The van der Waals surface area contributed by atoms with Crippen molar-refractivity contribution in [3.63, 3.8) is 0 Å². The molecule has 22 heavy (non-hydrogen) atoms. The van der Waals surface area contributed by atoms with Gasteiger partial charge in [-0.2, -0.15) is 0 Å². The van der Waals surface area contributed by atoms with E-state index in [2.05, 4.69) is 22.5 Å². The standard InChI is InChI=1S/C16H30N4O.HI/c1-3-18-16(19-9-6-13-4-5-13)20-10-7-14(8-11-20)12-15(21)17-2;/h13-14H,3-12H2,1-2H3,(H,17,21)(H,18,19);1H. The highest BCUT2D eigenvalue weighted by atomic mass is 127. The quantitative estimate of drug-likeness (QED) is 0.392. The molecule has 2 rings (SSSR count). The molecular weight excluding hydrogens is 391 g/mol. The predicted octanol–water partition coefficient (Wildman–Crippen LogP) is 2.22. The van der Waals surface area contributed by atoms with Crippen LogP contribution in [0.4, 0.5) is 0 Å². The van der Waals surface area contributed by atoms with Gasteiger partial charge in [-0.05, 0) is 38.0 Å². The average Bonchev–Trinajstić information content (AvgIpc) is 3.31. The number of aliphatic imine (C=N–C) groups is 1. The largest absolute Gasteiger partial charge is 0.359 e. The second-order valence-electron chi connectivity index (χ2n) is 6.28. The Balaban J connectivity index is 0.00000242. The Kier molecular flexibility index (Phi) is 9.12. The normalized spacial score (nSPS) is 19.5. The van der Waals surface area contributed by atoms with Gasteiger partial charge in [0, 0.05) is 39.6 Å². The number of piperidine rings is 1. The lowest BCUT2D eigenvalue weighted by Crippen LogP contribution is -2.46. The van der Waals surface area contributed by atoms with Gasteiger partial charge in [-0.1, -0.05) is 12.8 Å². The summed E-state index contributed by atoms with van der Waals surface area (Å²) in [5.41, 5.74) is 0. The summed E-state index contributed by atoms with van der Waals surface area (Å²) in [7, 11) is 1.72. The number of likely N-dealkylation sites (tertiary alicyclic amines) is 1. The first-order valence-electron chi connectivity index (χ1n) is 8.46. The van der Waals surface area contributed by atoms with Gasteiger partial charge >= 0.3 is 0 Å². The van der Waals surface area contributed by atoms with Gasteiger partial charge in [-0.25, -0.2) is 0 Å². The minimum atomic E-state index is 0. The molecule has 2 aliphatic rings. The van der Waals surface area contributed by atoms with E-state index in [-0.39, 0.29) is 29.9 Å². The summed E-state index contributed by atoms with van der Waals surface area (Å²) >= 11 is 0. The smallest absolute Gasteiger partial charge is 0.220 e. The zero-order valence-electron chi connectivity index (χ0n) is 13.9. The van der Waals surface area contributed by atoms with Crippen molar-refractivity contribution >= 4 is 35.8 Å². The summed E-state index contributed by atoms with van der Waals surface area (Å²) in [4.78, 5) is 18.6. The maximum absolute atomic E-state index is 11.4. The molecule has 0 aromatic carbocycles. The third-order valence-corrected chi connectivity index (χ3v) is 4.50. The summed E-state index contributed by atoms with van der Waals surface area (Å²) in [6.45, 7) is 6.01.